The molecule has 9 heteroatoms. The van der Waals surface area contributed by atoms with Crippen LogP contribution in [-0.4, -0.2) is 14.5 Å². The van der Waals surface area contributed by atoms with Crippen molar-refractivity contribution in [1.29, 1.82) is 0 Å². The fraction of sp³-hybridized carbons (Fsp3) is 0.111. The van der Waals surface area contributed by atoms with Crippen LogP contribution in [0.1, 0.15) is 5.56 Å². The van der Waals surface area contributed by atoms with Crippen molar-refractivity contribution in [3.63, 3.8) is 0 Å². The number of aromatic amines is 2. The van der Waals surface area contributed by atoms with E-state index in [2.05, 4.69) is 15.0 Å². The van der Waals surface area contributed by atoms with E-state index < -0.39 is 11.7 Å². The molecule has 0 atom stereocenters. The molecule has 5 nitrogen and oxygen atoms in total. The Hall–Kier alpha value is -3.07. The van der Waals surface area contributed by atoms with Gasteiger partial charge in [0.2, 0.25) is 0 Å². The summed E-state index contributed by atoms with van der Waals surface area (Å²) in [5.74, 6) is 0. The molecule has 0 saturated carbocycles. The average molecular weight is 390 g/mol. The van der Waals surface area contributed by atoms with Crippen LogP contribution in [0.2, 0.25) is 0 Å². The lowest BCUT2D eigenvalue weighted by Crippen LogP contribution is -2.11. The summed E-state index contributed by atoms with van der Waals surface area (Å²) < 4.78 is 40.6. The molecule has 0 amide bonds. The van der Waals surface area contributed by atoms with Gasteiger partial charge in [0.1, 0.15) is 0 Å². The molecule has 0 fully saturated rings. The highest BCUT2D eigenvalue weighted by Gasteiger charge is 2.30. The maximum Gasteiger partial charge on any atom is 0.416 e. The number of nitrogens with one attached hydrogen (secondary N) is 2. The van der Waals surface area contributed by atoms with Crippen molar-refractivity contribution in [3.8, 4) is 11.3 Å². The zero-order valence-electron chi connectivity index (χ0n) is 14.0. The zero-order valence-corrected chi connectivity index (χ0v) is 14.8. The van der Waals surface area contributed by atoms with E-state index in [4.69, 9.17) is 0 Å². The Morgan fingerprint density at radius 2 is 1.85 bits per heavy atom. The minimum Gasteiger partial charge on any atom is -0.320 e. The minimum atomic E-state index is -4.39. The van der Waals surface area contributed by atoms with Crippen LogP contribution in [-0.2, 0) is 13.2 Å². The number of H-pyrrole nitrogens is 2. The maximum absolute atomic E-state index is 13.0. The summed E-state index contributed by atoms with van der Waals surface area (Å²) in [4.78, 5) is 21.8. The summed E-state index contributed by atoms with van der Waals surface area (Å²) in [5.41, 5.74) is 2.07. The Balaban J connectivity index is 1.77. The predicted molar refractivity (Wildman–Crippen MR) is 97.9 cm³/mol. The summed E-state index contributed by atoms with van der Waals surface area (Å²) in [6, 6.07) is 10.4. The SMILES string of the molecule is Cn1c(-c2cccc(C(F)(F)F)c2)csc1=Nc1ccc2[nH]c(=O)[nH]c2c1. The standard InChI is InChI=1S/C18H13F3N4OS/c1-25-15(10-3-2-4-11(7-10)18(19,20)21)9-27-17(25)22-12-5-6-13-14(8-12)24-16(26)23-13/h2-9H,1H3,(H2,23,24,26). The van der Waals surface area contributed by atoms with Gasteiger partial charge in [-0.3, -0.25) is 0 Å². The van der Waals surface area contributed by atoms with Gasteiger partial charge < -0.3 is 14.5 Å². The van der Waals surface area contributed by atoms with Crippen LogP contribution < -0.4 is 10.5 Å². The molecule has 0 aliphatic carbocycles. The highest BCUT2D eigenvalue weighted by molar-refractivity contribution is 7.07. The second-order valence-electron chi connectivity index (χ2n) is 5.96. The molecule has 0 bridgehead atoms. The van der Waals surface area contributed by atoms with Crippen LogP contribution >= 0.6 is 11.3 Å². The first kappa shape index (κ1) is 17.3. The van der Waals surface area contributed by atoms with Gasteiger partial charge in [-0.25, -0.2) is 9.79 Å². The number of hydrogen-bond acceptors (Lipinski definition) is 3. The van der Waals surface area contributed by atoms with Crippen LogP contribution in [0.5, 0.6) is 0 Å². The van der Waals surface area contributed by atoms with Crippen molar-refractivity contribution in [2.45, 2.75) is 6.18 Å². The van der Waals surface area contributed by atoms with Crippen molar-refractivity contribution in [1.82, 2.24) is 14.5 Å². The van der Waals surface area contributed by atoms with Gasteiger partial charge in [-0.2, -0.15) is 13.2 Å². The van der Waals surface area contributed by atoms with E-state index in [0.717, 1.165) is 12.1 Å². The van der Waals surface area contributed by atoms with Gasteiger partial charge in [0.05, 0.1) is 28.0 Å². The van der Waals surface area contributed by atoms with E-state index in [9.17, 15) is 18.0 Å². The topological polar surface area (TPSA) is 65.9 Å². The maximum atomic E-state index is 13.0. The average Bonchev–Trinajstić information content (AvgIpc) is 3.16. The van der Waals surface area contributed by atoms with Gasteiger partial charge >= 0.3 is 11.9 Å². The number of aromatic nitrogens is 3. The van der Waals surface area contributed by atoms with E-state index >= 15 is 0 Å². The molecule has 4 aromatic rings. The summed E-state index contributed by atoms with van der Waals surface area (Å²) in [5, 5.41) is 1.77. The third kappa shape index (κ3) is 3.33. The summed E-state index contributed by atoms with van der Waals surface area (Å²) in [6.07, 6.45) is -4.39. The number of nitrogens with zero attached hydrogens (tertiary/aromatic N) is 2. The molecule has 0 aliphatic heterocycles. The molecule has 2 aromatic heterocycles. The highest BCUT2D eigenvalue weighted by atomic mass is 32.1. The molecular weight excluding hydrogens is 377 g/mol. The Labute approximate surface area is 154 Å². The van der Waals surface area contributed by atoms with Gasteiger partial charge in [-0.05, 0) is 35.9 Å². The largest absolute Gasteiger partial charge is 0.416 e. The number of alkyl halides is 3. The van der Waals surface area contributed by atoms with Crippen molar-refractivity contribution >= 4 is 28.1 Å². The molecule has 4 rings (SSSR count). The Morgan fingerprint density at radius 3 is 2.63 bits per heavy atom. The van der Waals surface area contributed by atoms with E-state index in [-0.39, 0.29) is 5.69 Å². The highest BCUT2D eigenvalue weighted by Crippen LogP contribution is 2.32. The number of halogens is 3. The van der Waals surface area contributed by atoms with Gasteiger partial charge in [0, 0.05) is 12.4 Å². The van der Waals surface area contributed by atoms with E-state index in [0.29, 0.717) is 32.8 Å². The number of thiazole rings is 1. The van der Waals surface area contributed by atoms with Gasteiger partial charge in [0.15, 0.2) is 4.80 Å². The predicted octanol–water partition coefficient (Wildman–Crippen LogP) is 4.17. The molecule has 0 radical (unpaired) electrons. The number of benzene rings is 2. The molecule has 2 N–H and O–H groups in total. The molecular formula is C18H13F3N4OS. The number of rotatable bonds is 2. The smallest absolute Gasteiger partial charge is 0.320 e. The molecule has 27 heavy (non-hydrogen) atoms. The Bertz CT molecular complexity index is 1260. The number of hydrogen-bond donors (Lipinski definition) is 2. The summed E-state index contributed by atoms with van der Waals surface area (Å²) in [6.45, 7) is 0. The monoisotopic (exact) mass is 390 g/mol. The fourth-order valence-corrected chi connectivity index (χ4v) is 3.71. The normalized spacial score (nSPS) is 12.8. The first-order valence-corrected chi connectivity index (χ1v) is 8.78. The third-order valence-electron chi connectivity index (χ3n) is 4.13. The van der Waals surface area contributed by atoms with Gasteiger partial charge in [-0.1, -0.05) is 12.1 Å². The van der Waals surface area contributed by atoms with Crippen LogP contribution in [0, 0.1) is 0 Å². The lowest BCUT2D eigenvalue weighted by Gasteiger charge is -2.09. The van der Waals surface area contributed by atoms with Gasteiger partial charge in [-0.15, -0.1) is 11.3 Å². The van der Waals surface area contributed by atoms with E-state index in [1.807, 2.05) is 0 Å². The number of fused-ring (bicyclic) bond motifs is 1. The number of imidazole rings is 1. The second kappa shape index (κ2) is 6.27. The van der Waals surface area contributed by atoms with Crippen LogP contribution in [0.4, 0.5) is 18.9 Å². The zero-order chi connectivity index (χ0) is 19.2. The molecule has 0 aliphatic rings. The first-order chi connectivity index (χ1) is 12.8. The van der Waals surface area contributed by atoms with E-state index in [1.54, 1.807) is 41.3 Å². The molecule has 2 aromatic carbocycles. The molecule has 0 spiro atoms. The molecule has 2 heterocycles. The van der Waals surface area contributed by atoms with E-state index in [1.165, 1.54) is 17.4 Å². The van der Waals surface area contributed by atoms with Crippen molar-refractivity contribution in [3.05, 3.63) is 68.7 Å². The van der Waals surface area contributed by atoms with Crippen LogP contribution in [0.25, 0.3) is 22.3 Å². The Kier molecular flexibility index (Phi) is 4.03. The lowest BCUT2D eigenvalue weighted by molar-refractivity contribution is -0.137. The first-order valence-electron chi connectivity index (χ1n) is 7.90. The van der Waals surface area contributed by atoms with Crippen LogP contribution in [0.3, 0.4) is 0 Å². The molecule has 138 valence electrons. The van der Waals surface area contributed by atoms with Crippen molar-refractivity contribution < 1.29 is 13.2 Å². The minimum absolute atomic E-state index is 0.296. The molecule has 0 saturated heterocycles. The van der Waals surface area contributed by atoms with Crippen molar-refractivity contribution in [2.75, 3.05) is 0 Å². The molecule has 0 unspecified atom stereocenters. The summed E-state index contributed by atoms with van der Waals surface area (Å²) >= 11 is 1.33. The lowest BCUT2D eigenvalue weighted by atomic mass is 10.1. The van der Waals surface area contributed by atoms with Crippen LogP contribution in [0.15, 0.2) is 57.6 Å². The summed E-state index contributed by atoms with van der Waals surface area (Å²) in [7, 11) is 1.75. The van der Waals surface area contributed by atoms with Crippen molar-refractivity contribution in [2.24, 2.45) is 12.0 Å². The fourth-order valence-electron chi connectivity index (χ4n) is 2.79. The third-order valence-corrected chi connectivity index (χ3v) is 5.05. The quantitative estimate of drug-likeness (QED) is 0.530. The van der Waals surface area contributed by atoms with Gasteiger partial charge in [0.25, 0.3) is 0 Å². The Morgan fingerprint density at radius 1 is 1.07 bits per heavy atom. The second-order valence-corrected chi connectivity index (χ2v) is 6.80.